The maximum absolute atomic E-state index is 12.0. The summed E-state index contributed by atoms with van der Waals surface area (Å²) in [7, 11) is 1.54. The number of nitrogens with zero attached hydrogens (tertiary/aromatic N) is 1. The fraction of sp³-hybridized carbons (Fsp3) is 0.667. The van der Waals surface area contributed by atoms with Gasteiger partial charge in [0.05, 0.1) is 5.03 Å². The van der Waals surface area contributed by atoms with Crippen molar-refractivity contribution in [2.45, 2.75) is 39.5 Å². The number of aliphatic imine (C=N–C) groups is 1. The Balaban J connectivity index is 2.40. The summed E-state index contributed by atoms with van der Waals surface area (Å²) in [5.41, 5.74) is 0.860. The van der Waals surface area contributed by atoms with Gasteiger partial charge in [0.15, 0.2) is 11.6 Å². The van der Waals surface area contributed by atoms with Crippen LogP contribution in [0.4, 0.5) is 0 Å². The van der Waals surface area contributed by atoms with E-state index in [0.717, 1.165) is 12.3 Å². The second-order valence-electron chi connectivity index (χ2n) is 5.69. The van der Waals surface area contributed by atoms with E-state index < -0.39 is 0 Å². The molecule has 0 amide bonds. The third-order valence-corrected chi connectivity index (χ3v) is 4.87. The first kappa shape index (κ1) is 14.4. The van der Waals surface area contributed by atoms with E-state index in [0.29, 0.717) is 11.5 Å². The minimum Gasteiger partial charge on any atom is -0.295 e. The molecule has 3 unspecified atom stereocenters. The van der Waals surface area contributed by atoms with Crippen molar-refractivity contribution in [1.82, 2.24) is 0 Å². The summed E-state index contributed by atoms with van der Waals surface area (Å²) in [4.78, 5) is 27.5. The van der Waals surface area contributed by atoms with Crippen LogP contribution in [-0.2, 0) is 9.59 Å². The number of allylic oxidation sites excluding steroid dienone is 2. The highest BCUT2D eigenvalue weighted by Gasteiger charge is 2.43. The molecular formula is C15H20ClNO2. The van der Waals surface area contributed by atoms with Gasteiger partial charge in [-0.1, -0.05) is 18.0 Å². The summed E-state index contributed by atoms with van der Waals surface area (Å²) in [6.45, 7) is 2.97. The van der Waals surface area contributed by atoms with Crippen LogP contribution in [0, 0.1) is 17.8 Å². The van der Waals surface area contributed by atoms with Gasteiger partial charge in [-0.25, -0.2) is 0 Å². The lowest BCUT2D eigenvalue weighted by atomic mass is 9.81. The Morgan fingerprint density at radius 1 is 1.11 bits per heavy atom. The molecule has 2 saturated carbocycles. The van der Waals surface area contributed by atoms with Crippen LogP contribution in [-0.4, -0.2) is 24.3 Å². The van der Waals surface area contributed by atoms with E-state index in [1.807, 2.05) is 0 Å². The van der Waals surface area contributed by atoms with E-state index in [4.69, 9.17) is 11.6 Å². The molecule has 0 saturated heterocycles. The quantitative estimate of drug-likeness (QED) is 0.587. The zero-order chi connectivity index (χ0) is 14.2. The second-order valence-corrected chi connectivity index (χ2v) is 6.07. The summed E-state index contributed by atoms with van der Waals surface area (Å²) < 4.78 is 0. The molecule has 2 rings (SSSR count). The van der Waals surface area contributed by atoms with Crippen LogP contribution in [0.2, 0.25) is 0 Å². The van der Waals surface area contributed by atoms with Crippen LogP contribution in [0.15, 0.2) is 15.6 Å². The van der Waals surface area contributed by atoms with Crippen molar-refractivity contribution in [2.75, 3.05) is 7.05 Å². The van der Waals surface area contributed by atoms with Crippen molar-refractivity contribution in [3.63, 3.8) is 0 Å². The number of carbonyl (C=O) groups excluding carboxylic acids is 2. The van der Waals surface area contributed by atoms with E-state index in [9.17, 15) is 9.59 Å². The Morgan fingerprint density at radius 3 is 2.16 bits per heavy atom. The van der Waals surface area contributed by atoms with Gasteiger partial charge in [-0.05, 0) is 43.9 Å². The number of Topliss-reactive ketones (excluding diaryl/α,β-unsaturated/α-hetero) is 2. The molecule has 2 fully saturated rings. The minimum absolute atomic E-state index is 0.0232. The molecule has 2 aliphatic carbocycles. The molecule has 4 heteroatoms. The lowest BCUT2D eigenvalue weighted by molar-refractivity contribution is -0.114. The summed E-state index contributed by atoms with van der Waals surface area (Å²) in [5, 5.41) is 0.278. The molecule has 0 aromatic heterocycles. The van der Waals surface area contributed by atoms with E-state index in [1.54, 1.807) is 0 Å². The van der Waals surface area contributed by atoms with Crippen LogP contribution < -0.4 is 0 Å². The fourth-order valence-corrected chi connectivity index (χ4v) is 4.21. The van der Waals surface area contributed by atoms with Crippen LogP contribution in [0.1, 0.15) is 39.5 Å². The summed E-state index contributed by atoms with van der Waals surface area (Å²) in [5.74, 6) is 1.30. The topological polar surface area (TPSA) is 46.5 Å². The molecule has 3 atom stereocenters. The zero-order valence-electron chi connectivity index (χ0n) is 11.7. The second kappa shape index (κ2) is 5.58. The molecular weight excluding hydrogens is 262 g/mol. The Labute approximate surface area is 119 Å². The van der Waals surface area contributed by atoms with Gasteiger partial charge in [-0.2, -0.15) is 0 Å². The van der Waals surface area contributed by atoms with Gasteiger partial charge in [0, 0.05) is 19.5 Å². The van der Waals surface area contributed by atoms with Gasteiger partial charge in [0.2, 0.25) is 0 Å². The van der Waals surface area contributed by atoms with E-state index in [2.05, 4.69) is 4.99 Å². The first-order valence-corrected chi connectivity index (χ1v) is 7.22. The van der Waals surface area contributed by atoms with Gasteiger partial charge >= 0.3 is 0 Å². The van der Waals surface area contributed by atoms with Gasteiger partial charge in [0.1, 0.15) is 5.71 Å². The van der Waals surface area contributed by atoms with Gasteiger partial charge < -0.3 is 0 Å². The predicted octanol–water partition coefficient (Wildman–Crippen LogP) is 3.16. The number of fused-ring (bicyclic) bond motifs is 2. The first-order valence-electron chi connectivity index (χ1n) is 6.84. The molecule has 3 nitrogen and oxygen atoms in total. The third-order valence-electron chi connectivity index (χ3n) is 4.49. The fourth-order valence-electron chi connectivity index (χ4n) is 3.71. The Hall–Kier alpha value is -0.960. The summed E-state index contributed by atoms with van der Waals surface area (Å²) >= 11 is 6.33. The largest absolute Gasteiger partial charge is 0.295 e. The number of hydrogen-bond acceptors (Lipinski definition) is 3. The average Bonchev–Trinajstić information content (AvgIpc) is 2.91. The van der Waals surface area contributed by atoms with Gasteiger partial charge in [-0.15, -0.1) is 0 Å². The number of carbonyl (C=O) groups is 2. The SMILES string of the molecule is CN=C(C(C)=O)/C(Cl)=C(\C(C)=O)C1CC2CCC1C2. The standard InChI is InChI=1S/C15H20ClNO2/c1-8(18)13(14(16)15(17-3)9(2)19)12-7-10-4-5-11(12)6-10/h10-12H,4-7H2,1-3H3/b14-13-,17-15?. The number of ketones is 2. The van der Waals surface area contributed by atoms with Crippen LogP contribution in [0.25, 0.3) is 0 Å². The molecule has 0 aromatic rings. The molecule has 0 spiro atoms. The zero-order valence-corrected chi connectivity index (χ0v) is 12.5. The highest BCUT2D eigenvalue weighted by Crippen LogP contribution is 2.51. The molecule has 0 aromatic carbocycles. The van der Waals surface area contributed by atoms with E-state index in [1.165, 1.54) is 40.2 Å². The summed E-state index contributed by atoms with van der Waals surface area (Å²) in [6, 6.07) is 0. The molecule has 0 heterocycles. The smallest absolute Gasteiger partial charge is 0.179 e. The Morgan fingerprint density at radius 2 is 1.79 bits per heavy atom. The molecule has 0 N–H and O–H groups in total. The Kier molecular flexibility index (Phi) is 4.24. The van der Waals surface area contributed by atoms with E-state index in [-0.39, 0.29) is 28.2 Å². The minimum atomic E-state index is -0.186. The summed E-state index contributed by atoms with van der Waals surface area (Å²) in [6.07, 6.45) is 4.68. The number of halogens is 1. The predicted molar refractivity (Wildman–Crippen MR) is 76.5 cm³/mol. The maximum atomic E-state index is 12.0. The number of rotatable bonds is 4. The highest BCUT2D eigenvalue weighted by atomic mass is 35.5. The van der Waals surface area contributed by atoms with Crippen LogP contribution >= 0.6 is 11.6 Å². The lowest BCUT2D eigenvalue weighted by Crippen LogP contribution is -2.22. The van der Waals surface area contributed by atoms with Crippen molar-refractivity contribution in [2.24, 2.45) is 22.7 Å². The molecule has 19 heavy (non-hydrogen) atoms. The molecule has 104 valence electrons. The molecule has 2 bridgehead atoms. The Bertz CT molecular complexity index is 479. The number of hydrogen-bond donors (Lipinski definition) is 0. The molecule has 2 aliphatic rings. The first-order chi connectivity index (χ1) is 8.95. The van der Waals surface area contributed by atoms with Crippen LogP contribution in [0.3, 0.4) is 0 Å². The van der Waals surface area contributed by atoms with Gasteiger partial charge in [-0.3, -0.25) is 14.6 Å². The van der Waals surface area contributed by atoms with Crippen molar-refractivity contribution in [3.8, 4) is 0 Å². The van der Waals surface area contributed by atoms with Gasteiger partial charge in [0.25, 0.3) is 0 Å². The van der Waals surface area contributed by atoms with Crippen LogP contribution in [0.5, 0.6) is 0 Å². The van der Waals surface area contributed by atoms with Crippen molar-refractivity contribution >= 4 is 28.9 Å². The molecule has 0 radical (unpaired) electrons. The van der Waals surface area contributed by atoms with Crippen molar-refractivity contribution < 1.29 is 9.59 Å². The highest BCUT2D eigenvalue weighted by molar-refractivity contribution is 6.60. The molecule has 0 aliphatic heterocycles. The monoisotopic (exact) mass is 281 g/mol. The van der Waals surface area contributed by atoms with Crippen molar-refractivity contribution in [3.05, 3.63) is 10.6 Å². The average molecular weight is 282 g/mol. The maximum Gasteiger partial charge on any atom is 0.179 e. The normalized spacial score (nSPS) is 31.4. The van der Waals surface area contributed by atoms with Crippen molar-refractivity contribution in [1.29, 1.82) is 0 Å². The van der Waals surface area contributed by atoms with E-state index >= 15 is 0 Å². The lowest BCUT2D eigenvalue weighted by Gasteiger charge is -2.24. The third kappa shape index (κ3) is 2.66.